The molecule has 2 nitrogen and oxygen atoms in total. The Morgan fingerprint density at radius 2 is 1.95 bits per heavy atom. The summed E-state index contributed by atoms with van der Waals surface area (Å²) < 4.78 is 27.1. The summed E-state index contributed by atoms with van der Waals surface area (Å²) in [5.74, 6) is -1.53. The van der Waals surface area contributed by atoms with Gasteiger partial charge in [-0.2, -0.15) is 0 Å². The molecule has 1 aromatic heterocycles. The Morgan fingerprint density at radius 3 is 2.65 bits per heavy atom. The average molecular weight is 317 g/mol. The Kier molecular flexibility index (Phi) is 4.78. The van der Waals surface area contributed by atoms with Crippen LogP contribution in [0.1, 0.15) is 13.3 Å². The molecule has 0 saturated heterocycles. The summed E-state index contributed by atoms with van der Waals surface area (Å²) in [5.41, 5.74) is 0.165. The van der Waals surface area contributed by atoms with Gasteiger partial charge in [-0.1, -0.05) is 36.2 Å². The van der Waals surface area contributed by atoms with Gasteiger partial charge in [0, 0.05) is 12.1 Å². The van der Waals surface area contributed by atoms with Crippen molar-refractivity contribution in [3.63, 3.8) is 0 Å². The first kappa shape index (κ1) is 15.0. The van der Waals surface area contributed by atoms with Crippen LogP contribution in [0.15, 0.2) is 24.3 Å². The van der Waals surface area contributed by atoms with Gasteiger partial charge in [-0.15, -0.1) is 0 Å². The van der Waals surface area contributed by atoms with Crippen LogP contribution in [0, 0.1) is 11.6 Å². The summed E-state index contributed by atoms with van der Waals surface area (Å²) in [6, 6.07) is 5.33. The van der Waals surface area contributed by atoms with Gasteiger partial charge in [0.1, 0.15) is 5.82 Å². The zero-order chi connectivity index (χ0) is 14.7. The zero-order valence-electron chi connectivity index (χ0n) is 10.7. The Balaban J connectivity index is 2.53. The highest BCUT2D eigenvalue weighted by Crippen LogP contribution is 2.34. The fourth-order valence-corrected chi connectivity index (χ4v) is 2.24. The quantitative estimate of drug-likeness (QED) is 0.843. The van der Waals surface area contributed by atoms with Gasteiger partial charge < -0.3 is 5.32 Å². The number of pyridine rings is 1. The van der Waals surface area contributed by atoms with Crippen molar-refractivity contribution in [2.45, 2.75) is 13.3 Å². The van der Waals surface area contributed by atoms with E-state index in [0.717, 1.165) is 12.5 Å². The number of nitrogens with zero attached hydrogens (tertiary/aromatic N) is 1. The van der Waals surface area contributed by atoms with E-state index in [1.807, 2.05) is 6.92 Å². The molecule has 0 amide bonds. The Hall–Kier alpha value is -1.39. The summed E-state index contributed by atoms with van der Waals surface area (Å²) in [6.45, 7) is 2.66. The molecule has 0 spiro atoms. The van der Waals surface area contributed by atoms with E-state index >= 15 is 0 Å². The molecule has 20 heavy (non-hydrogen) atoms. The molecule has 0 aliphatic rings. The number of anilines is 1. The van der Waals surface area contributed by atoms with Gasteiger partial charge in [0.05, 0.1) is 15.7 Å². The average Bonchev–Trinajstić information content (AvgIpc) is 2.41. The molecule has 2 rings (SSSR count). The molecule has 0 atom stereocenters. The number of halogens is 4. The van der Waals surface area contributed by atoms with Gasteiger partial charge in [0.25, 0.3) is 0 Å². The van der Waals surface area contributed by atoms with Crippen molar-refractivity contribution >= 4 is 29.0 Å². The van der Waals surface area contributed by atoms with E-state index in [9.17, 15) is 8.78 Å². The molecular weight excluding hydrogens is 305 g/mol. The third-order valence-electron chi connectivity index (χ3n) is 2.68. The molecule has 0 radical (unpaired) electrons. The van der Waals surface area contributed by atoms with Crippen LogP contribution in [0.2, 0.25) is 10.0 Å². The fraction of sp³-hybridized carbons (Fsp3) is 0.214. The maximum Gasteiger partial charge on any atom is 0.168 e. The van der Waals surface area contributed by atoms with E-state index in [4.69, 9.17) is 23.2 Å². The number of rotatable bonds is 4. The highest BCUT2D eigenvalue weighted by Gasteiger charge is 2.16. The van der Waals surface area contributed by atoms with Gasteiger partial charge in [-0.25, -0.2) is 13.8 Å². The molecular formula is C14H12Cl2F2N2. The third kappa shape index (κ3) is 3.02. The van der Waals surface area contributed by atoms with Crippen LogP contribution in [0.4, 0.5) is 14.6 Å². The van der Waals surface area contributed by atoms with Crippen molar-refractivity contribution in [1.82, 2.24) is 4.98 Å². The molecule has 1 heterocycles. The SMILES string of the molecule is CCCNc1nc(-c2cccc(F)c2F)c(Cl)cc1Cl. The lowest BCUT2D eigenvalue weighted by molar-refractivity contribution is 0.511. The normalized spacial score (nSPS) is 10.7. The highest BCUT2D eigenvalue weighted by atomic mass is 35.5. The fourth-order valence-electron chi connectivity index (χ4n) is 1.71. The summed E-state index contributed by atoms with van der Waals surface area (Å²) in [6.07, 6.45) is 0.879. The number of hydrogen-bond acceptors (Lipinski definition) is 2. The van der Waals surface area contributed by atoms with Crippen LogP contribution in [0.25, 0.3) is 11.3 Å². The number of nitrogens with one attached hydrogen (secondary N) is 1. The largest absolute Gasteiger partial charge is 0.369 e. The molecule has 106 valence electrons. The van der Waals surface area contributed by atoms with Crippen molar-refractivity contribution in [2.24, 2.45) is 0 Å². The second-order valence-corrected chi connectivity index (χ2v) is 4.99. The monoisotopic (exact) mass is 316 g/mol. The number of benzene rings is 1. The standard InChI is InChI=1S/C14H12Cl2F2N2/c1-2-6-19-14-10(16)7-9(15)13(20-14)8-4-3-5-11(17)12(8)18/h3-5,7H,2,6H2,1H3,(H,19,20). The molecule has 6 heteroatoms. The number of aromatic nitrogens is 1. The molecule has 1 aromatic carbocycles. The van der Waals surface area contributed by atoms with Crippen molar-refractivity contribution < 1.29 is 8.78 Å². The first-order chi connectivity index (χ1) is 9.54. The van der Waals surface area contributed by atoms with E-state index < -0.39 is 11.6 Å². The maximum atomic E-state index is 13.8. The molecule has 0 aliphatic heterocycles. The van der Waals surface area contributed by atoms with Gasteiger partial charge in [-0.3, -0.25) is 0 Å². The maximum absolute atomic E-state index is 13.8. The van der Waals surface area contributed by atoms with Crippen LogP contribution in [-0.2, 0) is 0 Å². The zero-order valence-corrected chi connectivity index (χ0v) is 12.2. The Morgan fingerprint density at radius 1 is 1.20 bits per heavy atom. The Bertz CT molecular complexity index is 633. The summed E-state index contributed by atoms with van der Waals surface area (Å²) in [5, 5.41) is 3.52. The van der Waals surface area contributed by atoms with E-state index in [0.29, 0.717) is 17.4 Å². The minimum Gasteiger partial charge on any atom is -0.369 e. The lowest BCUT2D eigenvalue weighted by Gasteiger charge is -2.11. The van der Waals surface area contributed by atoms with E-state index in [1.165, 1.54) is 18.2 Å². The van der Waals surface area contributed by atoms with Crippen molar-refractivity contribution in [1.29, 1.82) is 0 Å². The van der Waals surface area contributed by atoms with E-state index in [-0.39, 0.29) is 16.3 Å². The lowest BCUT2D eigenvalue weighted by Crippen LogP contribution is -2.04. The van der Waals surface area contributed by atoms with Crippen LogP contribution < -0.4 is 5.32 Å². The lowest BCUT2D eigenvalue weighted by atomic mass is 10.1. The van der Waals surface area contributed by atoms with Crippen LogP contribution >= 0.6 is 23.2 Å². The van der Waals surface area contributed by atoms with Gasteiger partial charge in [0.15, 0.2) is 11.6 Å². The first-order valence-electron chi connectivity index (χ1n) is 6.09. The first-order valence-corrected chi connectivity index (χ1v) is 6.84. The predicted octanol–water partition coefficient (Wildman–Crippen LogP) is 5.16. The Labute approximate surface area is 125 Å². The van der Waals surface area contributed by atoms with Crippen molar-refractivity contribution in [3.8, 4) is 11.3 Å². The molecule has 1 N–H and O–H groups in total. The molecule has 0 saturated carbocycles. The smallest absolute Gasteiger partial charge is 0.168 e. The van der Waals surface area contributed by atoms with Crippen LogP contribution in [0.5, 0.6) is 0 Å². The third-order valence-corrected chi connectivity index (χ3v) is 3.25. The predicted molar refractivity (Wildman–Crippen MR) is 78.4 cm³/mol. The minimum absolute atomic E-state index is 0.00575. The van der Waals surface area contributed by atoms with Crippen molar-refractivity contribution in [3.05, 3.63) is 45.9 Å². The molecule has 0 unspecified atom stereocenters. The van der Waals surface area contributed by atoms with E-state index in [2.05, 4.69) is 10.3 Å². The topological polar surface area (TPSA) is 24.9 Å². The van der Waals surface area contributed by atoms with Gasteiger partial charge in [0.2, 0.25) is 0 Å². The number of hydrogen-bond donors (Lipinski definition) is 1. The van der Waals surface area contributed by atoms with Crippen LogP contribution in [-0.4, -0.2) is 11.5 Å². The van der Waals surface area contributed by atoms with Crippen molar-refractivity contribution in [2.75, 3.05) is 11.9 Å². The van der Waals surface area contributed by atoms with Gasteiger partial charge >= 0.3 is 0 Å². The molecule has 0 aliphatic carbocycles. The second kappa shape index (κ2) is 6.37. The van der Waals surface area contributed by atoms with E-state index in [1.54, 1.807) is 0 Å². The molecule has 0 bridgehead atoms. The second-order valence-electron chi connectivity index (χ2n) is 4.18. The van der Waals surface area contributed by atoms with Gasteiger partial charge in [-0.05, 0) is 24.6 Å². The summed E-state index contributed by atoms with van der Waals surface area (Å²) in [7, 11) is 0. The summed E-state index contributed by atoms with van der Waals surface area (Å²) in [4.78, 5) is 4.20. The highest BCUT2D eigenvalue weighted by molar-refractivity contribution is 6.37. The molecule has 2 aromatic rings. The molecule has 0 fully saturated rings. The summed E-state index contributed by atoms with van der Waals surface area (Å²) >= 11 is 12.0. The minimum atomic E-state index is -0.981. The van der Waals surface area contributed by atoms with Crippen LogP contribution in [0.3, 0.4) is 0 Å².